The molecule has 0 aliphatic rings. The summed E-state index contributed by atoms with van der Waals surface area (Å²) >= 11 is 1.24. The first-order valence-electron chi connectivity index (χ1n) is 8.29. The van der Waals surface area contributed by atoms with E-state index in [0.717, 1.165) is 23.6 Å². The number of nitrogens with one attached hydrogen (secondary N) is 2. The summed E-state index contributed by atoms with van der Waals surface area (Å²) in [5.41, 5.74) is 0.429. The van der Waals surface area contributed by atoms with E-state index in [0.29, 0.717) is 11.7 Å². The number of nitrogens with zero attached hydrogens (tertiary/aromatic N) is 1. The lowest BCUT2D eigenvalue weighted by Crippen LogP contribution is -2.13. The number of halogens is 3. The monoisotopic (exact) mass is 407 g/mol. The number of anilines is 3. The summed E-state index contributed by atoms with van der Waals surface area (Å²) in [6, 6.07) is 11.5. The number of thiazole rings is 1. The number of hydrogen-bond acceptors (Lipinski definition) is 5. The minimum Gasteiger partial charge on any atom is -0.494 e. The Bertz CT molecular complexity index is 938. The molecule has 0 bridgehead atoms. The largest absolute Gasteiger partial charge is 0.494 e. The number of carbonyl (C=O) groups is 1. The Hall–Kier alpha value is -3.07. The number of amides is 1. The number of benzene rings is 2. The first-order chi connectivity index (χ1) is 13.3. The van der Waals surface area contributed by atoms with Crippen LogP contribution in [0.25, 0.3) is 0 Å². The van der Waals surface area contributed by atoms with E-state index >= 15 is 0 Å². The smallest absolute Gasteiger partial charge is 0.416 e. The van der Waals surface area contributed by atoms with Crippen molar-refractivity contribution in [1.82, 2.24) is 4.98 Å². The second-order valence-electron chi connectivity index (χ2n) is 5.65. The molecular formula is C19H16F3N3O2S. The molecule has 1 amide bonds. The molecule has 146 valence electrons. The highest BCUT2D eigenvalue weighted by Gasteiger charge is 2.30. The molecular weight excluding hydrogens is 391 g/mol. The van der Waals surface area contributed by atoms with Gasteiger partial charge in [0.2, 0.25) is 0 Å². The van der Waals surface area contributed by atoms with E-state index < -0.39 is 17.6 Å². The van der Waals surface area contributed by atoms with E-state index in [-0.39, 0.29) is 11.4 Å². The summed E-state index contributed by atoms with van der Waals surface area (Å²) < 4.78 is 43.1. The third-order valence-corrected chi connectivity index (χ3v) is 4.38. The molecule has 1 heterocycles. The van der Waals surface area contributed by atoms with Gasteiger partial charge in [0.15, 0.2) is 5.13 Å². The van der Waals surface area contributed by atoms with Crippen LogP contribution in [0.15, 0.2) is 53.9 Å². The van der Waals surface area contributed by atoms with E-state index in [9.17, 15) is 18.0 Å². The average molecular weight is 407 g/mol. The summed E-state index contributed by atoms with van der Waals surface area (Å²) in [6.07, 6.45) is -4.42. The van der Waals surface area contributed by atoms with Gasteiger partial charge in [-0.3, -0.25) is 4.79 Å². The maximum absolute atomic E-state index is 12.6. The van der Waals surface area contributed by atoms with Crippen LogP contribution in [0.1, 0.15) is 23.0 Å². The van der Waals surface area contributed by atoms with E-state index in [1.54, 1.807) is 5.38 Å². The molecule has 0 saturated carbocycles. The molecule has 0 atom stereocenters. The predicted molar refractivity (Wildman–Crippen MR) is 102 cm³/mol. The molecule has 0 aliphatic heterocycles. The molecule has 0 aliphatic carbocycles. The van der Waals surface area contributed by atoms with Crippen LogP contribution >= 0.6 is 11.3 Å². The molecule has 0 fully saturated rings. The van der Waals surface area contributed by atoms with Crippen LogP contribution in [0.5, 0.6) is 5.75 Å². The Balaban J connectivity index is 1.62. The van der Waals surface area contributed by atoms with Crippen molar-refractivity contribution in [2.24, 2.45) is 0 Å². The molecule has 2 N–H and O–H groups in total. The lowest BCUT2D eigenvalue weighted by atomic mass is 10.2. The number of rotatable bonds is 6. The maximum Gasteiger partial charge on any atom is 0.416 e. The number of alkyl halides is 3. The van der Waals surface area contributed by atoms with Crippen molar-refractivity contribution in [3.05, 3.63) is 65.2 Å². The van der Waals surface area contributed by atoms with Gasteiger partial charge in [0.25, 0.3) is 5.91 Å². The third-order valence-electron chi connectivity index (χ3n) is 3.62. The van der Waals surface area contributed by atoms with Gasteiger partial charge in [0, 0.05) is 16.8 Å². The fourth-order valence-electron chi connectivity index (χ4n) is 2.30. The molecule has 0 unspecified atom stereocenters. The third kappa shape index (κ3) is 5.01. The zero-order chi connectivity index (χ0) is 20.1. The number of aromatic nitrogens is 1. The van der Waals surface area contributed by atoms with Crippen molar-refractivity contribution in [1.29, 1.82) is 0 Å². The van der Waals surface area contributed by atoms with Crippen molar-refractivity contribution in [3.8, 4) is 5.75 Å². The van der Waals surface area contributed by atoms with Crippen LogP contribution in [0.4, 0.5) is 29.7 Å². The summed E-state index contributed by atoms with van der Waals surface area (Å²) in [5.74, 6) is 0.250. The molecule has 1 aromatic heterocycles. The molecule has 5 nitrogen and oxygen atoms in total. The summed E-state index contributed by atoms with van der Waals surface area (Å²) in [7, 11) is 0. The fourth-order valence-corrected chi connectivity index (χ4v) is 3.01. The van der Waals surface area contributed by atoms with Gasteiger partial charge in [-0.05, 0) is 55.5 Å². The Morgan fingerprint density at radius 3 is 2.32 bits per heavy atom. The van der Waals surface area contributed by atoms with Crippen LogP contribution in [-0.2, 0) is 6.18 Å². The topological polar surface area (TPSA) is 63.2 Å². The Labute approximate surface area is 163 Å². The minimum absolute atomic E-state index is 0.165. The van der Waals surface area contributed by atoms with Gasteiger partial charge in [-0.15, -0.1) is 11.3 Å². The van der Waals surface area contributed by atoms with E-state index in [2.05, 4.69) is 15.6 Å². The molecule has 0 radical (unpaired) electrons. The van der Waals surface area contributed by atoms with Crippen molar-refractivity contribution >= 4 is 33.8 Å². The number of ether oxygens (including phenoxy) is 1. The SMILES string of the molecule is CCOc1ccc(Nc2nc(C(=O)Nc3ccc(C(F)(F)F)cc3)cs2)cc1. The summed E-state index contributed by atoms with van der Waals surface area (Å²) in [6.45, 7) is 2.48. The van der Waals surface area contributed by atoms with Crippen molar-refractivity contribution in [2.75, 3.05) is 17.2 Å². The predicted octanol–water partition coefficient (Wildman–Crippen LogP) is 5.56. The van der Waals surface area contributed by atoms with Crippen LogP contribution in [-0.4, -0.2) is 17.5 Å². The quantitative estimate of drug-likeness (QED) is 0.562. The first kappa shape index (κ1) is 19.7. The van der Waals surface area contributed by atoms with Gasteiger partial charge >= 0.3 is 6.18 Å². The average Bonchev–Trinajstić information content (AvgIpc) is 3.12. The van der Waals surface area contributed by atoms with Crippen molar-refractivity contribution in [3.63, 3.8) is 0 Å². The lowest BCUT2D eigenvalue weighted by Gasteiger charge is -2.08. The standard InChI is InChI=1S/C19H16F3N3O2S/c1-2-27-15-9-7-14(8-10-15)24-18-25-16(11-28-18)17(26)23-13-5-3-12(4-6-13)19(20,21)22/h3-11H,2H2,1H3,(H,23,26)(H,24,25). The van der Waals surface area contributed by atoms with E-state index in [1.165, 1.54) is 23.5 Å². The van der Waals surface area contributed by atoms with E-state index in [4.69, 9.17) is 4.74 Å². The highest BCUT2D eigenvalue weighted by Crippen LogP contribution is 2.30. The zero-order valence-corrected chi connectivity index (χ0v) is 15.5. The normalized spacial score (nSPS) is 11.1. The molecule has 28 heavy (non-hydrogen) atoms. The molecule has 0 spiro atoms. The molecule has 2 aromatic carbocycles. The Morgan fingerprint density at radius 2 is 1.71 bits per heavy atom. The van der Waals surface area contributed by atoms with Crippen molar-refractivity contribution in [2.45, 2.75) is 13.1 Å². The van der Waals surface area contributed by atoms with Crippen LogP contribution < -0.4 is 15.4 Å². The minimum atomic E-state index is -4.42. The van der Waals surface area contributed by atoms with Gasteiger partial charge in [-0.2, -0.15) is 13.2 Å². The number of hydrogen-bond donors (Lipinski definition) is 2. The molecule has 3 aromatic rings. The summed E-state index contributed by atoms with van der Waals surface area (Å²) in [5, 5.41) is 7.69. The maximum atomic E-state index is 12.6. The first-order valence-corrected chi connectivity index (χ1v) is 9.17. The number of carbonyl (C=O) groups excluding carboxylic acids is 1. The Kier molecular flexibility index (Phi) is 5.84. The fraction of sp³-hybridized carbons (Fsp3) is 0.158. The summed E-state index contributed by atoms with van der Waals surface area (Å²) in [4.78, 5) is 16.4. The second-order valence-corrected chi connectivity index (χ2v) is 6.51. The molecule has 9 heteroatoms. The molecule has 0 saturated heterocycles. The van der Waals surface area contributed by atoms with Crippen LogP contribution in [0, 0.1) is 0 Å². The van der Waals surface area contributed by atoms with E-state index in [1.807, 2.05) is 31.2 Å². The van der Waals surface area contributed by atoms with Crippen LogP contribution in [0.3, 0.4) is 0 Å². The highest BCUT2D eigenvalue weighted by atomic mass is 32.1. The van der Waals surface area contributed by atoms with Gasteiger partial charge in [-0.25, -0.2) is 4.98 Å². The van der Waals surface area contributed by atoms with Gasteiger partial charge in [-0.1, -0.05) is 0 Å². The Morgan fingerprint density at radius 1 is 1.07 bits per heavy atom. The van der Waals surface area contributed by atoms with Gasteiger partial charge < -0.3 is 15.4 Å². The zero-order valence-electron chi connectivity index (χ0n) is 14.7. The molecule has 3 rings (SSSR count). The van der Waals surface area contributed by atoms with Crippen molar-refractivity contribution < 1.29 is 22.7 Å². The van der Waals surface area contributed by atoms with Crippen LogP contribution in [0.2, 0.25) is 0 Å². The van der Waals surface area contributed by atoms with Gasteiger partial charge in [0.05, 0.1) is 12.2 Å². The highest BCUT2D eigenvalue weighted by molar-refractivity contribution is 7.14. The van der Waals surface area contributed by atoms with Gasteiger partial charge in [0.1, 0.15) is 11.4 Å². The lowest BCUT2D eigenvalue weighted by molar-refractivity contribution is -0.137. The second kappa shape index (κ2) is 8.30.